The fraction of sp³-hybridized carbons (Fsp3) is 0.500. The van der Waals surface area contributed by atoms with E-state index in [1.165, 1.54) is 63.1 Å². The fourth-order valence-electron chi connectivity index (χ4n) is 5.29. The molecule has 0 radical (unpaired) electrons. The predicted octanol–water partition coefficient (Wildman–Crippen LogP) is 7.63. The average Bonchev–Trinajstić information content (AvgIpc) is 3.13. The second-order valence-corrected chi connectivity index (χ2v) is 23.4. The van der Waals surface area contributed by atoms with E-state index in [9.17, 15) is 4.79 Å². The monoisotopic (exact) mass is 553 g/mol. The molecule has 3 heteroatoms. The van der Waals surface area contributed by atoms with Crippen LogP contribution in [0.1, 0.15) is 80.8 Å². The minimum absolute atomic E-state index is 0.227. The quantitative estimate of drug-likeness (QED) is 0.199. The summed E-state index contributed by atoms with van der Waals surface area (Å²) in [5, 5.41) is 0. The van der Waals surface area contributed by atoms with Gasteiger partial charge in [-0.1, -0.05) is 0 Å². The minimum atomic E-state index is -2.47. The van der Waals surface area contributed by atoms with E-state index in [0.29, 0.717) is 0 Å². The van der Waals surface area contributed by atoms with E-state index >= 15 is 0 Å². The van der Waals surface area contributed by atoms with Crippen LogP contribution in [0.3, 0.4) is 0 Å². The summed E-state index contributed by atoms with van der Waals surface area (Å²) in [4.78, 5) is 15.3. The number of carbonyl (C=O) groups is 1. The van der Waals surface area contributed by atoms with Crippen molar-refractivity contribution < 1.29 is 4.79 Å². The van der Waals surface area contributed by atoms with Crippen molar-refractivity contribution in [1.29, 1.82) is 0 Å². The Labute approximate surface area is 206 Å². The molecule has 0 spiro atoms. The molecular weight excluding hydrogens is 509 g/mol. The summed E-state index contributed by atoms with van der Waals surface area (Å²) in [5.74, 6) is 0.227. The summed E-state index contributed by atoms with van der Waals surface area (Å²) in [7, 11) is 4.10. The molecule has 1 aliphatic rings. The van der Waals surface area contributed by atoms with Gasteiger partial charge in [-0.05, 0) is 0 Å². The van der Waals surface area contributed by atoms with E-state index in [0.717, 1.165) is 23.1 Å². The zero-order valence-electron chi connectivity index (χ0n) is 21.5. The molecule has 1 aliphatic carbocycles. The number of rotatable bonds is 12. The van der Waals surface area contributed by atoms with Gasteiger partial charge in [0.05, 0.1) is 0 Å². The second kappa shape index (κ2) is 12.2. The van der Waals surface area contributed by atoms with Gasteiger partial charge >= 0.3 is 207 Å². The molecule has 33 heavy (non-hydrogen) atoms. The van der Waals surface area contributed by atoms with Crippen LogP contribution in [-0.4, -0.2) is 38.3 Å². The second-order valence-electron chi connectivity index (χ2n) is 10.1. The molecule has 0 heterocycles. The number of unbranched alkanes of at least 4 members (excludes halogenated alkanes) is 3. The van der Waals surface area contributed by atoms with Gasteiger partial charge in [0.2, 0.25) is 0 Å². The van der Waals surface area contributed by atoms with Crippen LogP contribution in [0.5, 0.6) is 0 Å². The molecule has 0 unspecified atom stereocenters. The third-order valence-electron chi connectivity index (χ3n) is 7.41. The van der Waals surface area contributed by atoms with Crippen LogP contribution in [0, 0.1) is 0 Å². The zero-order valence-corrected chi connectivity index (χ0v) is 24.4. The summed E-state index contributed by atoms with van der Waals surface area (Å²) in [6.45, 7) is 7.00. The molecule has 2 nitrogen and oxygen atoms in total. The Bertz CT molecular complexity index is 936. The van der Waals surface area contributed by atoms with Crippen LogP contribution in [0.4, 0.5) is 5.69 Å². The number of carbonyl (C=O) groups excluding carboxylic acids is 1. The van der Waals surface area contributed by atoms with Gasteiger partial charge < -0.3 is 0 Å². The van der Waals surface area contributed by atoms with Crippen molar-refractivity contribution in [1.82, 2.24) is 0 Å². The number of benzene rings is 2. The molecule has 2 aromatic rings. The van der Waals surface area contributed by atoms with Crippen molar-refractivity contribution in [2.45, 2.75) is 79.0 Å². The van der Waals surface area contributed by atoms with Gasteiger partial charge in [0.25, 0.3) is 0 Å². The third kappa shape index (κ3) is 6.32. The van der Waals surface area contributed by atoms with Gasteiger partial charge in [0.1, 0.15) is 0 Å². The standard InChI is InChI=1S/C18H16NO.3C4H9.Sn/c1-19(2)16-9-7-13(8-10-16)11-15-12-14-5-3-4-6-17(14)18(15)20;3*1-3-4-2;/h4-11H,12H2,1-2H3;3*1,3-4H2,2H3;/b15-11+;;;;. The molecule has 2 aromatic carbocycles. The Morgan fingerprint density at radius 2 is 1.42 bits per heavy atom. The summed E-state index contributed by atoms with van der Waals surface area (Å²) in [5.41, 5.74) is 5.45. The maximum absolute atomic E-state index is 13.2. The van der Waals surface area contributed by atoms with E-state index in [-0.39, 0.29) is 5.78 Å². The Morgan fingerprint density at radius 3 is 1.94 bits per heavy atom. The Morgan fingerprint density at radius 1 is 0.848 bits per heavy atom. The fourth-order valence-corrected chi connectivity index (χ4v) is 21.3. The number of nitrogens with zero attached hydrogens (tertiary/aromatic N) is 1. The summed E-state index contributed by atoms with van der Waals surface area (Å²) < 4.78 is 6.10. The Kier molecular flexibility index (Phi) is 9.67. The molecule has 3 rings (SSSR count). The molecule has 0 aliphatic heterocycles. The van der Waals surface area contributed by atoms with Crippen LogP contribution in [0.15, 0.2) is 48.0 Å². The van der Waals surface area contributed by atoms with Crippen LogP contribution in [-0.2, 0) is 6.42 Å². The normalized spacial score (nSPS) is 14.7. The number of ketones is 1. The molecule has 0 saturated heterocycles. The van der Waals surface area contributed by atoms with Gasteiger partial charge in [-0.15, -0.1) is 0 Å². The molecule has 0 saturated carbocycles. The van der Waals surface area contributed by atoms with Gasteiger partial charge in [0.15, 0.2) is 0 Å². The Balaban J connectivity index is 1.91. The van der Waals surface area contributed by atoms with Gasteiger partial charge in [-0.3, -0.25) is 0 Å². The molecule has 0 aromatic heterocycles. The van der Waals surface area contributed by atoms with Crippen LogP contribution in [0.2, 0.25) is 13.3 Å². The first-order valence-electron chi connectivity index (χ1n) is 13.1. The van der Waals surface area contributed by atoms with E-state index in [2.05, 4.69) is 88.3 Å². The van der Waals surface area contributed by atoms with Crippen molar-refractivity contribution in [3.63, 3.8) is 0 Å². The number of hydrogen-bond acceptors (Lipinski definition) is 2. The number of allylic oxidation sites excluding steroid dienone is 1. The van der Waals surface area contributed by atoms with Gasteiger partial charge in [-0.25, -0.2) is 0 Å². The molecule has 0 N–H and O–H groups in total. The van der Waals surface area contributed by atoms with Crippen LogP contribution >= 0.6 is 0 Å². The average molecular weight is 552 g/mol. The van der Waals surface area contributed by atoms with Crippen molar-refractivity contribution in [3.8, 4) is 0 Å². The first kappa shape index (κ1) is 26.1. The number of anilines is 1. The van der Waals surface area contributed by atoms with E-state index in [1.807, 2.05) is 0 Å². The van der Waals surface area contributed by atoms with Crippen molar-refractivity contribution in [2.24, 2.45) is 0 Å². The zero-order chi connectivity index (χ0) is 23.8. The molecule has 0 bridgehead atoms. The maximum atomic E-state index is 13.2. The number of fused-ring (bicyclic) bond motifs is 1. The molecule has 178 valence electrons. The molecule has 0 fully saturated rings. The molecule has 0 amide bonds. The SMILES string of the molecule is CCC[CH2][Sn]([CH2]CCC)([CH2]CCC)[c]1ccc2c(c1)C/C(=C\c1ccc(N(C)C)cc1)C2=O. The van der Waals surface area contributed by atoms with Crippen molar-refractivity contribution >= 4 is 39.5 Å². The Hall–Kier alpha value is -1.55. The van der Waals surface area contributed by atoms with Gasteiger partial charge in [-0.2, -0.15) is 0 Å². The van der Waals surface area contributed by atoms with Crippen LogP contribution in [0.25, 0.3) is 6.08 Å². The van der Waals surface area contributed by atoms with Gasteiger partial charge in [0, 0.05) is 0 Å². The third-order valence-corrected chi connectivity index (χ3v) is 23.0. The first-order chi connectivity index (χ1) is 15.9. The van der Waals surface area contributed by atoms with Crippen molar-refractivity contribution in [2.75, 3.05) is 19.0 Å². The summed E-state index contributed by atoms with van der Waals surface area (Å²) in [6.07, 6.45) is 10.9. The van der Waals surface area contributed by atoms with E-state index in [1.54, 1.807) is 3.58 Å². The molecule has 0 atom stereocenters. The number of hydrogen-bond donors (Lipinski definition) is 0. The van der Waals surface area contributed by atoms with E-state index < -0.39 is 18.4 Å². The first-order valence-corrected chi connectivity index (χ1v) is 20.6. The molecular formula is C30H43NOSn. The topological polar surface area (TPSA) is 20.3 Å². The van der Waals surface area contributed by atoms with Crippen LogP contribution < -0.4 is 8.48 Å². The van der Waals surface area contributed by atoms with E-state index in [4.69, 9.17) is 0 Å². The number of Topliss-reactive ketones (excluding diaryl/α,β-unsaturated/α-hetero) is 1. The predicted molar refractivity (Wildman–Crippen MR) is 148 cm³/mol. The summed E-state index contributed by atoms with van der Waals surface area (Å²) in [6, 6.07) is 15.5. The summed E-state index contributed by atoms with van der Waals surface area (Å²) >= 11 is -2.47. The van der Waals surface area contributed by atoms with Crippen molar-refractivity contribution in [3.05, 3.63) is 64.7 Å².